The molecule has 3 heterocycles. The van der Waals surface area contributed by atoms with E-state index in [1.54, 1.807) is 0 Å². The van der Waals surface area contributed by atoms with E-state index in [9.17, 15) is 84.3 Å². The topological polar surface area (TPSA) is 498 Å². The first-order valence-corrected chi connectivity index (χ1v) is 30.2. The number of ether oxygens (including phenoxy) is 9. The Bertz CT molecular complexity index is 2190. The highest BCUT2D eigenvalue weighted by Gasteiger charge is 2.52. The number of amides is 8. The van der Waals surface area contributed by atoms with Crippen molar-refractivity contribution in [3.05, 3.63) is 0 Å². The Kier molecular flexibility index (Phi) is 34.5. The number of nitrogens with one attached hydrogen (secondary N) is 8. The van der Waals surface area contributed by atoms with Gasteiger partial charge >= 0.3 is 0 Å². The summed E-state index contributed by atoms with van der Waals surface area (Å²) in [6, 6.07) is -4.87. The second kappa shape index (κ2) is 40.1. The molecule has 3 aliphatic heterocycles. The van der Waals surface area contributed by atoms with E-state index >= 15 is 0 Å². The fourth-order valence-electron chi connectivity index (χ4n) is 10.5. The number of carbonyl (C=O) groups excluding carboxylic acids is 8. The van der Waals surface area contributed by atoms with E-state index in [0.717, 1.165) is 19.3 Å². The van der Waals surface area contributed by atoms with Gasteiger partial charge in [-0.15, -0.1) is 0 Å². The van der Waals surface area contributed by atoms with Crippen LogP contribution in [0.1, 0.15) is 85.5 Å². The van der Waals surface area contributed by atoms with E-state index in [1.165, 1.54) is 20.8 Å². The predicted octanol–water partition coefficient (Wildman–Crippen LogP) is -7.99. The first-order chi connectivity index (χ1) is 42.5. The summed E-state index contributed by atoms with van der Waals surface area (Å²) in [6.45, 7) is 2.26. The monoisotopic (exact) mass is 1280 g/mol. The lowest BCUT2D eigenvalue weighted by molar-refractivity contribution is -0.272. The largest absolute Gasteiger partial charge is 0.394 e. The highest BCUT2D eigenvalue weighted by molar-refractivity contribution is 5.90. The number of aliphatic hydroxyl groups is 9. The van der Waals surface area contributed by atoms with Crippen LogP contribution in [0.15, 0.2) is 0 Å². The van der Waals surface area contributed by atoms with Crippen molar-refractivity contribution < 1.29 is 127 Å². The molecule has 1 saturated carbocycles. The van der Waals surface area contributed by atoms with Gasteiger partial charge in [0.05, 0.1) is 85.9 Å². The van der Waals surface area contributed by atoms with Gasteiger partial charge in [-0.05, 0) is 44.4 Å². The van der Waals surface area contributed by atoms with Crippen LogP contribution in [0.5, 0.6) is 0 Å². The minimum atomic E-state index is -1.85. The van der Waals surface area contributed by atoms with Gasteiger partial charge < -0.3 is 131 Å². The molecule has 34 heteroatoms. The SMILES string of the molecule is CCC1CCC(C(=O)NC(CCC(=O)NC(CCC(=O)NCCOCCOC2OC(CO)C(O)C(O)C2NC(C)=O)C(=O)NCCOCCOC2OC(CO)C(O)C(O)C2NC(C)=O)C(=O)NCCOCCOC2(NC(C)=O)COC(CO)C(O)C2O)CC1. The van der Waals surface area contributed by atoms with Crippen LogP contribution in [0.3, 0.4) is 0 Å². The van der Waals surface area contributed by atoms with Gasteiger partial charge in [0.15, 0.2) is 18.3 Å². The van der Waals surface area contributed by atoms with Gasteiger partial charge in [0.25, 0.3) is 0 Å². The van der Waals surface area contributed by atoms with Crippen molar-refractivity contribution in [1.82, 2.24) is 42.5 Å². The fraction of sp³-hybridized carbons (Fsp3) is 0.855. The van der Waals surface area contributed by atoms with Crippen LogP contribution in [0.25, 0.3) is 0 Å². The molecule has 89 heavy (non-hydrogen) atoms. The molecule has 0 aromatic rings. The van der Waals surface area contributed by atoms with Gasteiger partial charge in [0, 0.05) is 59.2 Å². The second-order valence-corrected chi connectivity index (χ2v) is 22.1. The molecule has 16 unspecified atom stereocenters. The van der Waals surface area contributed by atoms with Crippen LogP contribution >= 0.6 is 0 Å². The fourth-order valence-corrected chi connectivity index (χ4v) is 10.5. The third-order valence-corrected chi connectivity index (χ3v) is 15.4. The lowest BCUT2D eigenvalue weighted by atomic mass is 9.80. The van der Waals surface area contributed by atoms with Crippen LogP contribution in [0, 0.1) is 11.8 Å². The molecule has 8 amide bonds. The van der Waals surface area contributed by atoms with Gasteiger partial charge in [0.2, 0.25) is 47.3 Å². The Morgan fingerprint density at radius 1 is 0.528 bits per heavy atom. The van der Waals surface area contributed by atoms with Crippen molar-refractivity contribution >= 4 is 47.3 Å². The van der Waals surface area contributed by atoms with Crippen LogP contribution in [0.4, 0.5) is 0 Å². The summed E-state index contributed by atoms with van der Waals surface area (Å²) in [4.78, 5) is 103. The highest BCUT2D eigenvalue weighted by Crippen LogP contribution is 2.31. The van der Waals surface area contributed by atoms with Crippen molar-refractivity contribution in [2.24, 2.45) is 11.8 Å². The average Bonchev–Trinajstić information content (AvgIpc) is 1.27. The molecule has 17 N–H and O–H groups in total. The van der Waals surface area contributed by atoms with Gasteiger partial charge in [0.1, 0.15) is 79.1 Å². The van der Waals surface area contributed by atoms with Crippen LogP contribution in [0.2, 0.25) is 0 Å². The first kappa shape index (κ1) is 76.5. The Morgan fingerprint density at radius 2 is 0.989 bits per heavy atom. The van der Waals surface area contributed by atoms with Crippen molar-refractivity contribution in [2.75, 3.05) is 106 Å². The van der Waals surface area contributed by atoms with Crippen molar-refractivity contribution in [3.8, 4) is 0 Å². The molecule has 4 rings (SSSR count). The molecule has 16 atom stereocenters. The zero-order valence-corrected chi connectivity index (χ0v) is 51.0. The Morgan fingerprint density at radius 3 is 1.45 bits per heavy atom. The van der Waals surface area contributed by atoms with E-state index in [0.29, 0.717) is 18.8 Å². The van der Waals surface area contributed by atoms with Crippen molar-refractivity contribution in [2.45, 2.75) is 183 Å². The number of hydrogen-bond acceptors (Lipinski definition) is 26. The molecule has 4 fully saturated rings. The minimum Gasteiger partial charge on any atom is -0.394 e. The van der Waals surface area contributed by atoms with E-state index in [-0.39, 0.29) is 117 Å². The zero-order chi connectivity index (χ0) is 65.6. The summed E-state index contributed by atoms with van der Waals surface area (Å²) in [7, 11) is 0. The molecule has 1 aliphatic carbocycles. The lowest BCUT2D eigenvalue weighted by Gasteiger charge is -2.45. The molecular formula is C55H96N8O26. The minimum absolute atomic E-state index is 0.00361. The quantitative estimate of drug-likeness (QED) is 0.0201. The third-order valence-electron chi connectivity index (χ3n) is 15.4. The Labute approximate surface area is 515 Å². The van der Waals surface area contributed by atoms with Crippen LogP contribution < -0.4 is 42.5 Å². The summed E-state index contributed by atoms with van der Waals surface area (Å²) in [5.41, 5.74) is -1.85. The number of rotatable bonds is 39. The normalized spacial score (nSPS) is 30.2. The Balaban J connectivity index is 1.33. The van der Waals surface area contributed by atoms with Gasteiger partial charge in [-0.2, -0.15) is 0 Å². The van der Waals surface area contributed by atoms with Crippen molar-refractivity contribution in [3.63, 3.8) is 0 Å². The second-order valence-electron chi connectivity index (χ2n) is 22.1. The summed E-state index contributed by atoms with van der Waals surface area (Å²) >= 11 is 0. The van der Waals surface area contributed by atoms with Gasteiger partial charge in [-0.25, -0.2) is 0 Å². The van der Waals surface area contributed by atoms with E-state index in [1.807, 2.05) is 0 Å². The zero-order valence-electron chi connectivity index (χ0n) is 51.0. The molecule has 3 saturated heterocycles. The summed E-state index contributed by atoms with van der Waals surface area (Å²) in [5.74, 6) is -4.52. The standard InChI is InChI=1S/C55H96N8O26/c1-5-33-6-8-34(9-7-33)50(78)62-36(52(80)58-16-19-83-22-25-87-55(63-32(4)69)29-86-37(26-64)46(74)49(55)77)11-13-41(71)61-35(51(79)57-15-18-82-21-24-85-54-43(60-31(3)68)48(76)45(73)39(28-66)89-54)10-12-40(70)56-14-17-81-20-23-84-53-42(59-30(2)67)47(75)44(72)38(27-65)88-53/h33-39,42-49,53-54,64-66,72-77H,5-29H2,1-4H3,(H,56,70)(H,57,79)(H,58,80)(H,59,67)(H,60,68)(H,61,71)(H,62,78)(H,63,69). The van der Waals surface area contributed by atoms with Crippen LogP contribution in [-0.2, 0) is 81.0 Å². The van der Waals surface area contributed by atoms with Gasteiger partial charge in [-0.1, -0.05) is 13.3 Å². The molecule has 0 aromatic heterocycles. The molecule has 0 bridgehead atoms. The van der Waals surface area contributed by atoms with Gasteiger partial charge in [-0.3, -0.25) is 38.4 Å². The molecule has 0 aromatic carbocycles. The molecule has 4 aliphatic rings. The van der Waals surface area contributed by atoms with E-state index in [2.05, 4.69) is 49.5 Å². The molecule has 0 spiro atoms. The maximum absolute atomic E-state index is 13.8. The maximum Gasteiger partial charge on any atom is 0.242 e. The third kappa shape index (κ3) is 25.2. The summed E-state index contributed by atoms with van der Waals surface area (Å²) in [5, 5.41) is 112. The highest BCUT2D eigenvalue weighted by atomic mass is 16.7. The molecule has 0 radical (unpaired) electrons. The Hall–Kier alpha value is -4.96. The van der Waals surface area contributed by atoms with Crippen molar-refractivity contribution in [1.29, 1.82) is 0 Å². The predicted molar refractivity (Wildman–Crippen MR) is 304 cm³/mol. The maximum atomic E-state index is 13.8. The average molecular weight is 1290 g/mol. The molecule has 34 nitrogen and oxygen atoms in total. The van der Waals surface area contributed by atoms with Crippen LogP contribution in [-0.4, -0.2) is 296 Å². The lowest BCUT2D eigenvalue weighted by Crippen LogP contribution is -2.70. The number of carbonyl (C=O) groups is 8. The molecule has 512 valence electrons. The number of aliphatic hydroxyl groups excluding tert-OH is 9. The molecular weight excluding hydrogens is 1190 g/mol. The smallest absolute Gasteiger partial charge is 0.242 e. The van der Waals surface area contributed by atoms with E-state index < -0.39 is 165 Å². The number of hydrogen-bond donors (Lipinski definition) is 17. The summed E-state index contributed by atoms with van der Waals surface area (Å²) < 4.78 is 50.2. The first-order valence-electron chi connectivity index (χ1n) is 30.2. The van der Waals surface area contributed by atoms with E-state index in [4.69, 9.17) is 42.6 Å². The summed E-state index contributed by atoms with van der Waals surface area (Å²) in [6.07, 6.45) is -12.6.